The molecule has 0 saturated heterocycles. The summed E-state index contributed by atoms with van der Waals surface area (Å²) in [6.45, 7) is 0.408. The van der Waals surface area contributed by atoms with Gasteiger partial charge in [-0.3, -0.25) is 9.59 Å². The lowest BCUT2D eigenvalue weighted by Crippen LogP contribution is -2.30. The Kier molecular flexibility index (Phi) is 4.45. The van der Waals surface area contributed by atoms with Crippen molar-refractivity contribution in [1.29, 1.82) is 0 Å². The van der Waals surface area contributed by atoms with Gasteiger partial charge in [0, 0.05) is 28.8 Å². The molecule has 1 heterocycles. The topological polar surface area (TPSA) is 84.2 Å². The van der Waals surface area contributed by atoms with Crippen LogP contribution in [0.1, 0.15) is 23.5 Å². The number of nitrogens with one attached hydrogen (secondary N) is 2. The van der Waals surface area contributed by atoms with Crippen molar-refractivity contribution in [3.8, 4) is 0 Å². The summed E-state index contributed by atoms with van der Waals surface area (Å²) in [6, 6.07) is 12.9. The number of anilines is 2. The van der Waals surface area contributed by atoms with Gasteiger partial charge in [0.25, 0.3) is 0 Å². The number of hydrogen-bond acceptors (Lipinski definition) is 3. The monoisotopic (exact) mass is 373 g/mol. The van der Waals surface area contributed by atoms with Crippen LogP contribution in [0.15, 0.2) is 46.9 Å². The Morgan fingerprint density at radius 3 is 2.91 bits per heavy atom. The van der Waals surface area contributed by atoms with Crippen LogP contribution >= 0.6 is 15.9 Å². The first-order valence-electron chi connectivity index (χ1n) is 7.26. The summed E-state index contributed by atoms with van der Waals surface area (Å²) in [6.07, 6.45) is 0.131. The second-order valence-electron chi connectivity index (χ2n) is 5.43. The summed E-state index contributed by atoms with van der Waals surface area (Å²) in [4.78, 5) is 24.5. The number of amides is 2. The molecule has 1 aliphatic rings. The highest BCUT2D eigenvalue weighted by molar-refractivity contribution is 9.10. The van der Waals surface area contributed by atoms with Crippen molar-refractivity contribution in [1.82, 2.24) is 0 Å². The SMILES string of the molecule is NCc1cccc(NC(=O)[C@H]2CC(=O)Nc3ccc(Br)cc32)c1. The first-order chi connectivity index (χ1) is 11.1. The predicted molar refractivity (Wildman–Crippen MR) is 93.1 cm³/mol. The van der Waals surface area contributed by atoms with Gasteiger partial charge in [-0.05, 0) is 41.5 Å². The fraction of sp³-hybridized carbons (Fsp3) is 0.176. The Labute approximate surface area is 142 Å². The fourth-order valence-corrected chi connectivity index (χ4v) is 3.05. The third-order valence-corrected chi connectivity index (χ3v) is 4.29. The molecule has 4 N–H and O–H groups in total. The van der Waals surface area contributed by atoms with E-state index in [9.17, 15) is 9.59 Å². The largest absolute Gasteiger partial charge is 0.326 e. The van der Waals surface area contributed by atoms with E-state index in [1.807, 2.05) is 36.4 Å². The number of carbonyl (C=O) groups excluding carboxylic acids is 2. The van der Waals surface area contributed by atoms with Gasteiger partial charge in [-0.15, -0.1) is 0 Å². The van der Waals surface area contributed by atoms with Crippen molar-refractivity contribution in [2.75, 3.05) is 10.6 Å². The van der Waals surface area contributed by atoms with E-state index < -0.39 is 5.92 Å². The van der Waals surface area contributed by atoms with Crippen molar-refractivity contribution in [3.05, 3.63) is 58.1 Å². The molecule has 0 aliphatic carbocycles. The number of fused-ring (bicyclic) bond motifs is 1. The summed E-state index contributed by atoms with van der Waals surface area (Å²) in [5, 5.41) is 5.68. The molecule has 2 aromatic rings. The highest BCUT2D eigenvalue weighted by Gasteiger charge is 2.30. The smallest absolute Gasteiger partial charge is 0.232 e. The first-order valence-corrected chi connectivity index (χ1v) is 8.05. The van der Waals surface area contributed by atoms with Gasteiger partial charge in [-0.25, -0.2) is 0 Å². The van der Waals surface area contributed by atoms with Gasteiger partial charge in [0.15, 0.2) is 0 Å². The molecule has 5 nitrogen and oxygen atoms in total. The highest BCUT2D eigenvalue weighted by atomic mass is 79.9. The van der Waals surface area contributed by atoms with Crippen LogP contribution in [0.3, 0.4) is 0 Å². The summed E-state index contributed by atoms with van der Waals surface area (Å²) in [5.41, 5.74) is 8.73. The maximum atomic E-state index is 12.6. The molecule has 0 fully saturated rings. The normalized spacial score (nSPS) is 16.4. The molecule has 2 aromatic carbocycles. The zero-order valence-corrected chi connectivity index (χ0v) is 13.9. The molecule has 0 radical (unpaired) electrons. The second kappa shape index (κ2) is 6.52. The van der Waals surface area contributed by atoms with Gasteiger partial charge in [0.2, 0.25) is 11.8 Å². The van der Waals surface area contributed by atoms with E-state index >= 15 is 0 Å². The standard InChI is InChI=1S/C17H16BrN3O2/c18-11-4-5-15-13(7-11)14(8-16(22)21-15)17(23)20-12-3-1-2-10(6-12)9-19/h1-7,14H,8-9,19H2,(H,20,23)(H,21,22)/t14-/m0/s1. The van der Waals surface area contributed by atoms with Crippen molar-refractivity contribution in [2.24, 2.45) is 5.73 Å². The number of benzene rings is 2. The molecule has 23 heavy (non-hydrogen) atoms. The van der Waals surface area contributed by atoms with Gasteiger partial charge in [0.1, 0.15) is 0 Å². The Hall–Kier alpha value is -2.18. The van der Waals surface area contributed by atoms with E-state index in [-0.39, 0.29) is 18.2 Å². The molecule has 118 valence electrons. The predicted octanol–water partition coefficient (Wildman–Crippen LogP) is 2.97. The maximum absolute atomic E-state index is 12.6. The number of rotatable bonds is 3. The van der Waals surface area contributed by atoms with Crippen LogP contribution in [0.25, 0.3) is 0 Å². The number of hydrogen-bond donors (Lipinski definition) is 3. The van der Waals surface area contributed by atoms with Gasteiger partial charge in [-0.2, -0.15) is 0 Å². The van der Waals surface area contributed by atoms with Crippen LogP contribution in [0, 0.1) is 0 Å². The second-order valence-corrected chi connectivity index (χ2v) is 6.35. The molecule has 2 amide bonds. The highest BCUT2D eigenvalue weighted by Crippen LogP contribution is 2.35. The zero-order chi connectivity index (χ0) is 16.4. The Bertz CT molecular complexity index is 776. The van der Waals surface area contributed by atoms with E-state index in [1.54, 1.807) is 6.07 Å². The molecular weight excluding hydrogens is 358 g/mol. The lowest BCUT2D eigenvalue weighted by atomic mass is 9.89. The average molecular weight is 374 g/mol. The van der Waals surface area contributed by atoms with Crippen molar-refractivity contribution in [3.63, 3.8) is 0 Å². The zero-order valence-electron chi connectivity index (χ0n) is 12.3. The molecule has 0 unspecified atom stereocenters. The summed E-state index contributed by atoms with van der Waals surface area (Å²) in [7, 11) is 0. The average Bonchev–Trinajstić information content (AvgIpc) is 2.54. The van der Waals surface area contributed by atoms with Crippen LogP contribution in [0.5, 0.6) is 0 Å². The van der Waals surface area contributed by atoms with Gasteiger partial charge in [-0.1, -0.05) is 28.1 Å². The molecule has 3 rings (SSSR count). The summed E-state index contributed by atoms with van der Waals surface area (Å²) >= 11 is 3.41. The number of carbonyl (C=O) groups is 2. The van der Waals surface area contributed by atoms with E-state index in [1.165, 1.54) is 0 Å². The quantitative estimate of drug-likeness (QED) is 0.772. The number of halogens is 1. The lowest BCUT2D eigenvalue weighted by Gasteiger charge is -2.25. The molecule has 0 saturated carbocycles. The molecule has 6 heteroatoms. The molecule has 0 aromatic heterocycles. The minimum atomic E-state index is -0.516. The minimum absolute atomic E-state index is 0.131. The van der Waals surface area contributed by atoms with Crippen molar-refractivity contribution in [2.45, 2.75) is 18.9 Å². The molecule has 0 spiro atoms. The molecular formula is C17H16BrN3O2. The van der Waals surface area contributed by atoms with E-state index in [0.717, 1.165) is 15.6 Å². The van der Waals surface area contributed by atoms with Crippen LogP contribution in [0.2, 0.25) is 0 Å². The van der Waals surface area contributed by atoms with Crippen LogP contribution in [0.4, 0.5) is 11.4 Å². The van der Waals surface area contributed by atoms with E-state index in [2.05, 4.69) is 26.6 Å². The van der Waals surface area contributed by atoms with Gasteiger partial charge >= 0.3 is 0 Å². The maximum Gasteiger partial charge on any atom is 0.232 e. The van der Waals surface area contributed by atoms with Crippen LogP contribution in [-0.2, 0) is 16.1 Å². The minimum Gasteiger partial charge on any atom is -0.326 e. The third kappa shape index (κ3) is 3.43. The van der Waals surface area contributed by atoms with Crippen LogP contribution in [-0.4, -0.2) is 11.8 Å². The Balaban J connectivity index is 1.87. The molecule has 1 aliphatic heterocycles. The van der Waals surface area contributed by atoms with Gasteiger partial charge < -0.3 is 16.4 Å². The third-order valence-electron chi connectivity index (χ3n) is 3.80. The summed E-state index contributed by atoms with van der Waals surface area (Å²) in [5.74, 6) is -0.873. The summed E-state index contributed by atoms with van der Waals surface area (Å²) < 4.78 is 0.871. The van der Waals surface area contributed by atoms with Gasteiger partial charge in [0.05, 0.1) is 5.92 Å². The van der Waals surface area contributed by atoms with E-state index in [4.69, 9.17) is 5.73 Å². The molecule has 0 bridgehead atoms. The van der Waals surface area contributed by atoms with Crippen molar-refractivity contribution >= 4 is 39.1 Å². The van der Waals surface area contributed by atoms with Crippen molar-refractivity contribution < 1.29 is 9.59 Å². The Morgan fingerprint density at radius 2 is 2.13 bits per heavy atom. The lowest BCUT2D eigenvalue weighted by molar-refractivity contribution is -0.123. The van der Waals surface area contributed by atoms with E-state index in [0.29, 0.717) is 17.9 Å². The number of nitrogens with two attached hydrogens (primary N) is 1. The fourth-order valence-electron chi connectivity index (χ4n) is 2.67. The Morgan fingerprint density at radius 1 is 1.30 bits per heavy atom. The van der Waals surface area contributed by atoms with Crippen LogP contribution < -0.4 is 16.4 Å². The molecule has 1 atom stereocenters. The first kappa shape index (κ1) is 15.7.